The van der Waals surface area contributed by atoms with Gasteiger partial charge in [-0.15, -0.1) is 11.3 Å². The second kappa shape index (κ2) is 18.3. The van der Waals surface area contributed by atoms with E-state index in [0.29, 0.717) is 5.02 Å². The summed E-state index contributed by atoms with van der Waals surface area (Å²) in [7, 11) is 0. The summed E-state index contributed by atoms with van der Waals surface area (Å²) in [4.78, 5) is 7.22. The third-order valence-corrected chi connectivity index (χ3v) is 18.7. The molecule has 6 heteroatoms. The first kappa shape index (κ1) is 46.0. The monoisotopic (exact) mass is 1060 g/mol. The van der Waals surface area contributed by atoms with Gasteiger partial charge < -0.3 is 14.2 Å². The summed E-state index contributed by atoms with van der Waals surface area (Å²) in [5.74, 6) is 0. The number of benzene rings is 12. The Morgan fingerprint density at radius 2 is 1.01 bits per heavy atom. The van der Waals surface area contributed by atoms with E-state index in [1.54, 1.807) is 0 Å². The predicted molar refractivity (Wildman–Crippen MR) is 333 cm³/mol. The lowest BCUT2D eigenvalue weighted by Gasteiger charge is -2.41. The molecule has 1 aliphatic carbocycles. The molecule has 3 heterocycles. The molecule has 0 radical (unpaired) electrons. The maximum absolute atomic E-state index is 7.13. The largest absolute Gasteiger partial charge is 0.456 e. The molecule has 0 saturated carbocycles. The molecule has 79 heavy (non-hydrogen) atoms. The number of fused-ring (bicyclic) bond motifs is 15. The highest BCUT2D eigenvalue weighted by atomic mass is 35.5. The van der Waals surface area contributed by atoms with Crippen LogP contribution in [0.2, 0.25) is 5.02 Å². The fourth-order valence-corrected chi connectivity index (χ4v) is 15.6. The highest BCUT2D eigenvalue weighted by Gasteiger charge is 2.51. The van der Waals surface area contributed by atoms with Gasteiger partial charge in [-0.25, -0.2) is 0 Å². The minimum Gasteiger partial charge on any atom is -0.456 e. The van der Waals surface area contributed by atoms with Gasteiger partial charge in [0.2, 0.25) is 0 Å². The molecule has 16 rings (SSSR count). The standard InChI is InChI=1S/C73H45ClN2OS2/c74-49-36-38-59-68(44-49)79-72-60(32-19-33-62(72)76(51-26-11-4-12-27-51)63-42-48(46-20-5-1-6-21-46)43-65-70(63)54-29-14-17-34-64(54)77-65)73(59)57-31-16-13-28-53(57)56-45-52(37-39-58(56)73)75(50-24-9-3-10-25-50)61-40-41-67-71(55-30-15-18-35-66(55)78-67)69(61)47-22-7-2-8-23-47/h1-45H. The quantitative estimate of drug-likeness (QED) is 0.151. The first-order valence-electron chi connectivity index (χ1n) is 26.7. The van der Waals surface area contributed by atoms with Crippen LogP contribution in [0.1, 0.15) is 22.3 Å². The van der Waals surface area contributed by atoms with Gasteiger partial charge in [-0.2, -0.15) is 0 Å². The Bertz CT molecular complexity index is 4730. The molecule has 0 fully saturated rings. The van der Waals surface area contributed by atoms with Gasteiger partial charge in [-0.05, 0) is 141 Å². The minimum atomic E-state index is -0.714. The Balaban J connectivity index is 0.960. The number of anilines is 6. The molecule has 0 bridgehead atoms. The first-order valence-corrected chi connectivity index (χ1v) is 28.7. The number of para-hydroxylation sites is 3. The number of halogens is 1. The normalized spacial score (nSPS) is 14.1. The van der Waals surface area contributed by atoms with E-state index in [1.165, 1.54) is 64.7 Å². The van der Waals surface area contributed by atoms with Crippen LogP contribution in [-0.4, -0.2) is 0 Å². The second-order valence-corrected chi connectivity index (χ2v) is 23.0. The zero-order valence-electron chi connectivity index (χ0n) is 42.5. The molecule has 1 spiro atoms. The van der Waals surface area contributed by atoms with Crippen molar-refractivity contribution in [3.63, 3.8) is 0 Å². The Morgan fingerprint density at radius 3 is 1.81 bits per heavy atom. The fraction of sp³-hybridized carbons (Fsp3) is 0.0137. The van der Waals surface area contributed by atoms with Crippen LogP contribution in [0, 0.1) is 0 Å². The van der Waals surface area contributed by atoms with Crippen molar-refractivity contribution in [2.45, 2.75) is 15.2 Å². The van der Waals surface area contributed by atoms with Crippen molar-refractivity contribution < 1.29 is 4.42 Å². The first-order chi connectivity index (χ1) is 39.1. The third-order valence-electron chi connectivity index (χ3n) is 16.1. The van der Waals surface area contributed by atoms with Crippen molar-refractivity contribution in [3.8, 4) is 33.4 Å². The molecule has 372 valence electrons. The molecule has 2 aromatic heterocycles. The molecule has 12 aromatic carbocycles. The molecule has 1 unspecified atom stereocenters. The van der Waals surface area contributed by atoms with Gasteiger partial charge in [0, 0.05) is 63.0 Å². The van der Waals surface area contributed by atoms with E-state index in [0.717, 1.165) is 77.0 Å². The molecule has 1 atom stereocenters. The van der Waals surface area contributed by atoms with E-state index < -0.39 is 5.41 Å². The van der Waals surface area contributed by atoms with Gasteiger partial charge in [0.05, 0.1) is 27.9 Å². The number of rotatable bonds is 8. The summed E-state index contributed by atoms with van der Waals surface area (Å²) in [6.45, 7) is 0. The molecular formula is C73H45ClN2OS2. The third kappa shape index (κ3) is 7.07. The molecule has 1 aliphatic heterocycles. The average Bonchev–Trinajstić information content (AvgIpc) is 3.98. The van der Waals surface area contributed by atoms with Crippen molar-refractivity contribution in [2.75, 3.05) is 9.80 Å². The summed E-state index contributed by atoms with van der Waals surface area (Å²) in [6, 6.07) is 99.5. The molecule has 0 N–H and O–H groups in total. The highest BCUT2D eigenvalue weighted by molar-refractivity contribution is 7.99. The Kier molecular flexibility index (Phi) is 10.6. The average molecular weight is 1070 g/mol. The summed E-state index contributed by atoms with van der Waals surface area (Å²) >= 11 is 10.8. The Morgan fingerprint density at radius 1 is 0.367 bits per heavy atom. The lowest BCUT2D eigenvalue weighted by Crippen LogP contribution is -2.32. The SMILES string of the molecule is Clc1ccc2c(c1)Sc1c(N(c3ccccc3)c3cc(-c4ccccc4)cc4oc5ccccc5c34)cccc1C21c2ccccc2-c2cc(N(c3ccccc3)c3ccc4sc5ccccc5c4c3-c3ccccc3)ccc21. The highest BCUT2D eigenvalue weighted by Crippen LogP contribution is 2.65. The van der Waals surface area contributed by atoms with E-state index in [9.17, 15) is 0 Å². The number of hydrogen-bond acceptors (Lipinski definition) is 5. The zero-order chi connectivity index (χ0) is 52.2. The summed E-state index contributed by atoms with van der Waals surface area (Å²) in [6.07, 6.45) is 0. The van der Waals surface area contributed by atoms with Crippen LogP contribution in [0.5, 0.6) is 0 Å². The molecule has 3 nitrogen and oxygen atoms in total. The zero-order valence-corrected chi connectivity index (χ0v) is 44.9. The molecule has 0 saturated heterocycles. The fourth-order valence-electron chi connectivity index (χ4n) is 12.9. The van der Waals surface area contributed by atoms with Crippen molar-refractivity contribution in [1.29, 1.82) is 0 Å². The predicted octanol–water partition coefficient (Wildman–Crippen LogP) is 21.7. The van der Waals surface area contributed by atoms with Crippen molar-refractivity contribution in [1.82, 2.24) is 0 Å². The van der Waals surface area contributed by atoms with Gasteiger partial charge >= 0.3 is 0 Å². The van der Waals surface area contributed by atoms with Gasteiger partial charge in [0.25, 0.3) is 0 Å². The number of nitrogens with zero attached hydrogens (tertiary/aromatic N) is 2. The van der Waals surface area contributed by atoms with Crippen LogP contribution in [0.15, 0.2) is 287 Å². The molecule has 2 aliphatic rings. The van der Waals surface area contributed by atoms with E-state index in [2.05, 4.69) is 283 Å². The van der Waals surface area contributed by atoms with Crippen molar-refractivity contribution in [3.05, 3.63) is 300 Å². The van der Waals surface area contributed by atoms with Crippen LogP contribution in [-0.2, 0) is 5.41 Å². The summed E-state index contributed by atoms with van der Waals surface area (Å²) in [5, 5.41) is 5.37. The number of hydrogen-bond donors (Lipinski definition) is 0. The van der Waals surface area contributed by atoms with Gasteiger partial charge in [-0.3, -0.25) is 0 Å². The van der Waals surface area contributed by atoms with Crippen LogP contribution in [0.25, 0.3) is 75.5 Å². The van der Waals surface area contributed by atoms with Crippen molar-refractivity contribution >= 4 is 111 Å². The smallest absolute Gasteiger partial charge is 0.138 e. The van der Waals surface area contributed by atoms with Crippen LogP contribution < -0.4 is 9.80 Å². The number of furan rings is 1. The van der Waals surface area contributed by atoms with E-state index in [4.69, 9.17) is 16.0 Å². The Labute approximate surface area is 470 Å². The van der Waals surface area contributed by atoms with Gasteiger partial charge in [0.1, 0.15) is 11.2 Å². The lowest BCUT2D eigenvalue weighted by atomic mass is 9.67. The number of thiophene rings is 1. The molecule has 14 aromatic rings. The van der Waals surface area contributed by atoms with E-state index >= 15 is 0 Å². The summed E-state index contributed by atoms with van der Waals surface area (Å²) < 4.78 is 9.35. The molecular weight excluding hydrogens is 1020 g/mol. The van der Waals surface area contributed by atoms with E-state index in [1.807, 2.05) is 23.1 Å². The Hall–Kier alpha value is -9.10. The van der Waals surface area contributed by atoms with Crippen molar-refractivity contribution in [2.24, 2.45) is 0 Å². The van der Waals surface area contributed by atoms with Crippen LogP contribution in [0.3, 0.4) is 0 Å². The minimum absolute atomic E-state index is 0.703. The van der Waals surface area contributed by atoms with Crippen LogP contribution >= 0.6 is 34.7 Å². The second-order valence-electron chi connectivity index (χ2n) is 20.4. The van der Waals surface area contributed by atoms with E-state index in [-0.39, 0.29) is 0 Å². The maximum Gasteiger partial charge on any atom is 0.138 e. The summed E-state index contributed by atoms with van der Waals surface area (Å²) in [5.41, 5.74) is 19.3. The van der Waals surface area contributed by atoms with Gasteiger partial charge in [0.15, 0.2) is 0 Å². The lowest BCUT2D eigenvalue weighted by molar-refractivity contribution is 0.669. The van der Waals surface area contributed by atoms with Crippen LogP contribution in [0.4, 0.5) is 34.1 Å². The van der Waals surface area contributed by atoms with Gasteiger partial charge in [-0.1, -0.05) is 205 Å². The maximum atomic E-state index is 7.13. The topological polar surface area (TPSA) is 19.6 Å². The molecule has 0 amide bonds.